The predicted molar refractivity (Wildman–Crippen MR) is 34.8 cm³/mol. The smallest absolute Gasteiger partial charge is 0.375 e. The second-order valence-electron chi connectivity index (χ2n) is 2.94. The minimum atomic E-state index is -5.13. The molecule has 1 nitrogen and oxygen atoms in total. The highest BCUT2D eigenvalue weighted by atomic mass is 19.4. The largest absolute Gasteiger partial charge is 0.422 e. The van der Waals surface area contributed by atoms with Crippen molar-refractivity contribution in [1.82, 2.24) is 0 Å². The highest BCUT2D eigenvalue weighted by Crippen LogP contribution is 2.31. The van der Waals surface area contributed by atoms with E-state index in [-0.39, 0.29) is 13.0 Å². The molecule has 1 aliphatic rings. The first-order chi connectivity index (χ1) is 5.93. The fourth-order valence-electron chi connectivity index (χ4n) is 1.22. The Morgan fingerprint density at radius 3 is 2.23 bits per heavy atom. The van der Waals surface area contributed by atoms with Gasteiger partial charge in [-0.3, -0.25) is 0 Å². The summed E-state index contributed by atoms with van der Waals surface area (Å²) in [7, 11) is 0. The van der Waals surface area contributed by atoms with Crippen molar-refractivity contribution < 1.29 is 26.7 Å². The Morgan fingerprint density at radius 2 is 1.85 bits per heavy atom. The molecule has 6 heteroatoms. The number of alkyl halides is 5. The number of halogens is 5. The molecule has 0 amide bonds. The average molecular weight is 204 g/mol. The quantitative estimate of drug-likeness (QED) is 0.627. The van der Waals surface area contributed by atoms with Gasteiger partial charge >= 0.3 is 6.18 Å². The van der Waals surface area contributed by atoms with Crippen LogP contribution in [0.1, 0.15) is 12.8 Å². The van der Waals surface area contributed by atoms with Crippen LogP contribution in [0, 0.1) is 0 Å². The molecule has 3 atom stereocenters. The molecule has 1 fully saturated rings. The molecule has 0 bridgehead atoms. The van der Waals surface area contributed by atoms with E-state index in [9.17, 15) is 22.0 Å². The molecule has 0 aromatic carbocycles. The number of hydrogen-bond acceptors (Lipinski definition) is 1. The first kappa shape index (κ1) is 10.7. The van der Waals surface area contributed by atoms with Gasteiger partial charge in [-0.05, 0) is 12.8 Å². The molecule has 0 unspecified atom stereocenters. The van der Waals surface area contributed by atoms with Gasteiger partial charge in [-0.1, -0.05) is 0 Å². The standard InChI is InChI=1S/C7H9F5O/c8-5(4-2-1-3-13-4)6(9)7(10,11)12/h4-6H,1-3H2/t4-,5+,6+/m1/s1. The summed E-state index contributed by atoms with van der Waals surface area (Å²) in [6.07, 6.45) is -11.8. The maximum atomic E-state index is 12.8. The molecule has 1 aliphatic heterocycles. The van der Waals surface area contributed by atoms with E-state index in [4.69, 9.17) is 0 Å². The van der Waals surface area contributed by atoms with E-state index in [1.54, 1.807) is 0 Å². The van der Waals surface area contributed by atoms with Crippen molar-refractivity contribution in [3.63, 3.8) is 0 Å². The molecule has 1 heterocycles. The van der Waals surface area contributed by atoms with Crippen molar-refractivity contribution >= 4 is 0 Å². The molecule has 1 rings (SSSR count). The summed E-state index contributed by atoms with van der Waals surface area (Å²) in [5.41, 5.74) is 0. The van der Waals surface area contributed by atoms with Crippen molar-refractivity contribution in [3.05, 3.63) is 0 Å². The third-order valence-electron chi connectivity index (χ3n) is 1.91. The second-order valence-corrected chi connectivity index (χ2v) is 2.94. The third-order valence-corrected chi connectivity index (χ3v) is 1.91. The summed E-state index contributed by atoms with van der Waals surface area (Å²) >= 11 is 0. The Bertz CT molecular complexity index is 163. The number of hydrogen-bond donors (Lipinski definition) is 0. The van der Waals surface area contributed by atoms with Gasteiger partial charge in [-0.25, -0.2) is 8.78 Å². The Labute approximate surface area is 71.9 Å². The second kappa shape index (κ2) is 3.77. The fraction of sp³-hybridized carbons (Fsp3) is 1.00. The molecule has 0 aromatic rings. The monoisotopic (exact) mass is 204 g/mol. The van der Waals surface area contributed by atoms with E-state index in [1.165, 1.54) is 0 Å². The van der Waals surface area contributed by atoms with Crippen LogP contribution < -0.4 is 0 Å². The molecular weight excluding hydrogens is 195 g/mol. The van der Waals surface area contributed by atoms with Crippen LogP contribution in [0.5, 0.6) is 0 Å². The maximum Gasteiger partial charge on any atom is 0.422 e. The Kier molecular flexibility index (Phi) is 3.10. The highest BCUT2D eigenvalue weighted by Gasteiger charge is 2.49. The summed E-state index contributed by atoms with van der Waals surface area (Å²) in [6, 6.07) is 0. The van der Waals surface area contributed by atoms with Gasteiger partial charge in [-0.2, -0.15) is 13.2 Å². The summed E-state index contributed by atoms with van der Waals surface area (Å²) in [6.45, 7) is 0.204. The van der Waals surface area contributed by atoms with Gasteiger partial charge in [0.25, 0.3) is 0 Å². The Hall–Kier alpha value is -0.390. The molecule has 0 aromatic heterocycles. The van der Waals surface area contributed by atoms with Gasteiger partial charge in [0.05, 0.1) is 6.10 Å². The lowest BCUT2D eigenvalue weighted by molar-refractivity contribution is -0.206. The zero-order chi connectivity index (χ0) is 10.1. The van der Waals surface area contributed by atoms with Crippen LogP contribution in [0.4, 0.5) is 22.0 Å². The van der Waals surface area contributed by atoms with E-state index >= 15 is 0 Å². The molecule has 0 N–H and O–H groups in total. The van der Waals surface area contributed by atoms with Crippen LogP contribution in [-0.4, -0.2) is 31.2 Å². The minimum absolute atomic E-state index is 0.150. The van der Waals surface area contributed by atoms with Gasteiger partial charge in [0, 0.05) is 6.61 Å². The summed E-state index contributed by atoms with van der Waals surface area (Å²) in [5.74, 6) is 0. The van der Waals surface area contributed by atoms with E-state index in [2.05, 4.69) is 4.74 Å². The topological polar surface area (TPSA) is 9.23 Å². The molecule has 78 valence electrons. The summed E-state index contributed by atoms with van der Waals surface area (Å²) in [4.78, 5) is 0. The molecule has 0 aliphatic carbocycles. The van der Waals surface area contributed by atoms with Crippen molar-refractivity contribution in [2.75, 3.05) is 6.61 Å². The molecule has 1 saturated heterocycles. The van der Waals surface area contributed by atoms with E-state index in [0.29, 0.717) is 6.42 Å². The normalized spacial score (nSPS) is 28.8. The van der Waals surface area contributed by atoms with Crippen LogP contribution in [-0.2, 0) is 4.74 Å². The van der Waals surface area contributed by atoms with Gasteiger partial charge in [0.15, 0.2) is 6.17 Å². The average Bonchev–Trinajstić information content (AvgIpc) is 2.51. The Balaban J connectivity index is 2.50. The molecule has 0 saturated carbocycles. The summed E-state index contributed by atoms with van der Waals surface area (Å²) in [5, 5.41) is 0. The predicted octanol–water partition coefficient (Wildman–Crippen LogP) is 2.40. The third kappa shape index (κ3) is 2.52. The van der Waals surface area contributed by atoms with Gasteiger partial charge in [0.2, 0.25) is 6.17 Å². The number of ether oxygens (including phenoxy) is 1. The maximum absolute atomic E-state index is 12.8. The van der Waals surface area contributed by atoms with E-state index < -0.39 is 24.6 Å². The zero-order valence-electron chi connectivity index (χ0n) is 6.65. The fourth-order valence-corrected chi connectivity index (χ4v) is 1.22. The number of rotatable bonds is 2. The van der Waals surface area contributed by atoms with Crippen LogP contribution in [0.25, 0.3) is 0 Å². The molecule has 0 spiro atoms. The van der Waals surface area contributed by atoms with E-state index in [0.717, 1.165) is 0 Å². The highest BCUT2D eigenvalue weighted by molar-refractivity contribution is 4.84. The van der Waals surface area contributed by atoms with Crippen LogP contribution in [0.15, 0.2) is 0 Å². The zero-order valence-corrected chi connectivity index (χ0v) is 6.65. The van der Waals surface area contributed by atoms with Gasteiger partial charge in [-0.15, -0.1) is 0 Å². The van der Waals surface area contributed by atoms with Crippen LogP contribution in [0.2, 0.25) is 0 Å². The van der Waals surface area contributed by atoms with Gasteiger partial charge < -0.3 is 4.74 Å². The lowest BCUT2D eigenvalue weighted by Crippen LogP contribution is -2.40. The Morgan fingerprint density at radius 1 is 1.23 bits per heavy atom. The van der Waals surface area contributed by atoms with E-state index in [1.807, 2.05) is 0 Å². The van der Waals surface area contributed by atoms with Crippen molar-refractivity contribution in [3.8, 4) is 0 Å². The SMILES string of the molecule is F[C@@H]([C@H]1CCCO1)[C@H](F)C(F)(F)F. The van der Waals surface area contributed by atoms with Gasteiger partial charge in [0.1, 0.15) is 0 Å². The first-order valence-electron chi connectivity index (χ1n) is 3.89. The minimum Gasteiger partial charge on any atom is -0.375 e. The van der Waals surface area contributed by atoms with Crippen molar-refractivity contribution in [2.24, 2.45) is 0 Å². The van der Waals surface area contributed by atoms with Crippen LogP contribution in [0.3, 0.4) is 0 Å². The molecular formula is C7H9F5O. The lowest BCUT2D eigenvalue weighted by Gasteiger charge is -2.20. The van der Waals surface area contributed by atoms with Crippen molar-refractivity contribution in [1.29, 1.82) is 0 Å². The molecule has 13 heavy (non-hydrogen) atoms. The molecule has 0 radical (unpaired) electrons. The summed E-state index contributed by atoms with van der Waals surface area (Å²) < 4.78 is 64.8. The van der Waals surface area contributed by atoms with Crippen molar-refractivity contribution in [2.45, 2.75) is 37.5 Å². The first-order valence-corrected chi connectivity index (χ1v) is 3.89. The van der Waals surface area contributed by atoms with Crippen LogP contribution >= 0.6 is 0 Å². The lowest BCUT2D eigenvalue weighted by atomic mass is 10.1.